The summed E-state index contributed by atoms with van der Waals surface area (Å²) in [7, 11) is 0. The van der Waals surface area contributed by atoms with Crippen LogP contribution >= 0.6 is 11.3 Å². The van der Waals surface area contributed by atoms with Gasteiger partial charge in [0.25, 0.3) is 12.0 Å². The Bertz CT molecular complexity index is 621. The number of aromatic nitrogens is 2. The SMILES string of the molecule is Cc1sc2nc(CNCC(F)F)[nH]c(=O)c2c1C. The fourth-order valence-corrected chi connectivity index (χ4v) is 2.73. The quantitative estimate of drug-likeness (QED) is 0.895. The van der Waals surface area contributed by atoms with Crippen LogP contribution in [0, 0.1) is 13.8 Å². The molecule has 2 aromatic rings. The van der Waals surface area contributed by atoms with E-state index < -0.39 is 13.0 Å². The highest BCUT2D eigenvalue weighted by molar-refractivity contribution is 7.18. The van der Waals surface area contributed by atoms with Gasteiger partial charge in [-0.05, 0) is 19.4 Å². The summed E-state index contributed by atoms with van der Waals surface area (Å²) in [6, 6.07) is 0. The van der Waals surface area contributed by atoms with Crippen LogP contribution in [0.25, 0.3) is 10.2 Å². The molecule has 0 amide bonds. The van der Waals surface area contributed by atoms with Crippen molar-refractivity contribution in [2.45, 2.75) is 26.8 Å². The molecule has 18 heavy (non-hydrogen) atoms. The van der Waals surface area contributed by atoms with Gasteiger partial charge in [0, 0.05) is 4.88 Å². The van der Waals surface area contributed by atoms with Crippen LogP contribution in [0.5, 0.6) is 0 Å². The number of hydrogen-bond acceptors (Lipinski definition) is 4. The van der Waals surface area contributed by atoms with Gasteiger partial charge in [-0.1, -0.05) is 0 Å². The largest absolute Gasteiger partial charge is 0.309 e. The van der Waals surface area contributed by atoms with Crippen LogP contribution in [-0.4, -0.2) is 22.9 Å². The lowest BCUT2D eigenvalue weighted by atomic mass is 10.2. The number of rotatable bonds is 4. The minimum atomic E-state index is -2.41. The first-order valence-corrected chi connectivity index (χ1v) is 6.28. The van der Waals surface area contributed by atoms with Crippen LogP contribution < -0.4 is 10.9 Å². The van der Waals surface area contributed by atoms with Crippen LogP contribution in [0.15, 0.2) is 4.79 Å². The number of hydrogen-bond donors (Lipinski definition) is 2. The van der Waals surface area contributed by atoms with Crippen molar-refractivity contribution in [3.05, 3.63) is 26.6 Å². The third-order valence-electron chi connectivity index (χ3n) is 2.68. The summed E-state index contributed by atoms with van der Waals surface area (Å²) in [5.74, 6) is 0.384. The van der Waals surface area contributed by atoms with Crippen LogP contribution in [0.3, 0.4) is 0 Å². The fraction of sp³-hybridized carbons (Fsp3) is 0.455. The molecule has 0 unspecified atom stereocenters. The third-order valence-corrected chi connectivity index (χ3v) is 3.78. The number of nitrogens with one attached hydrogen (secondary N) is 2. The number of aromatic amines is 1. The van der Waals surface area contributed by atoms with Crippen molar-refractivity contribution in [3.63, 3.8) is 0 Å². The lowest BCUT2D eigenvalue weighted by Gasteiger charge is -2.03. The number of alkyl halides is 2. The second-order valence-corrected chi connectivity index (χ2v) is 5.20. The minimum Gasteiger partial charge on any atom is -0.309 e. The summed E-state index contributed by atoms with van der Waals surface area (Å²) >= 11 is 1.44. The molecule has 0 bridgehead atoms. The van der Waals surface area contributed by atoms with Gasteiger partial charge in [0.05, 0.1) is 18.5 Å². The molecule has 2 aromatic heterocycles. The van der Waals surface area contributed by atoms with Crippen molar-refractivity contribution in [2.24, 2.45) is 0 Å². The van der Waals surface area contributed by atoms with Crippen molar-refractivity contribution in [2.75, 3.05) is 6.54 Å². The van der Waals surface area contributed by atoms with E-state index in [2.05, 4.69) is 15.3 Å². The maximum absolute atomic E-state index is 12.0. The number of thiophene rings is 1. The van der Waals surface area contributed by atoms with Crippen LogP contribution in [-0.2, 0) is 6.54 Å². The first-order chi connectivity index (χ1) is 8.49. The number of aryl methyl sites for hydroxylation is 2. The predicted octanol–water partition coefficient (Wildman–Crippen LogP) is 1.96. The molecule has 0 aromatic carbocycles. The summed E-state index contributed by atoms with van der Waals surface area (Å²) in [4.78, 5) is 20.4. The molecule has 0 aliphatic carbocycles. The molecule has 0 atom stereocenters. The molecule has 98 valence electrons. The Labute approximate surface area is 106 Å². The number of fused-ring (bicyclic) bond motifs is 1. The third kappa shape index (κ3) is 2.56. The first kappa shape index (κ1) is 13.1. The molecule has 0 aliphatic heterocycles. The van der Waals surface area contributed by atoms with E-state index in [1.54, 1.807) is 0 Å². The van der Waals surface area contributed by atoms with Gasteiger partial charge in [-0.2, -0.15) is 0 Å². The number of H-pyrrole nitrogens is 1. The zero-order chi connectivity index (χ0) is 13.3. The monoisotopic (exact) mass is 273 g/mol. The number of nitrogens with zero attached hydrogens (tertiary/aromatic N) is 1. The van der Waals surface area contributed by atoms with Crippen LogP contribution in [0.4, 0.5) is 8.78 Å². The zero-order valence-electron chi connectivity index (χ0n) is 10.0. The Balaban J connectivity index is 2.29. The second-order valence-electron chi connectivity index (χ2n) is 4.00. The second kappa shape index (κ2) is 5.11. The van der Waals surface area contributed by atoms with E-state index in [1.807, 2.05) is 13.8 Å². The van der Waals surface area contributed by atoms with E-state index in [0.29, 0.717) is 16.0 Å². The fourth-order valence-electron chi connectivity index (χ4n) is 1.68. The molecule has 0 saturated carbocycles. The molecular formula is C11H13F2N3OS. The molecular weight excluding hydrogens is 260 g/mol. The molecule has 2 N–H and O–H groups in total. The molecule has 2 heterocycles. The summed E-state index contributed by atoms with van der Waals surface area (Å²) < 4.78 is 23.9. The van der Waals surface area contributed by atoms with Gasteiger partial charge in [-0.3, -0.25) is 4.79 Å². The summed E-state index contributed by atoms with van der Waals surface area (Å²) in [6.07, 6.45) is -2.41. The maximum Gasteiger partial charge on any atom is 0.259 e. The molecule has 0 aliphatic rings. The summed E-state index contributed by atoms with van der Waals surface area (Å²) in [5, 5.41) is 3.13. The van der Waals surface area contributed by atoms with E-state index in [9.17, 15) is 13.6 Å². The van der Waals surface area contributed by atoms with Gasteiger partial charge in [-0.15, -0.1) is 11.3 Å². The molecule has 4 nitrogen and oxygen atoms in total. The van der Waals surface area contributed by atoms with Gasteiger partial charge < -0.3 is 10.3 Å². The van der Waals surface area contributed by atoms with Gasteiger partial charge in [0.1, 0.15) is 10.7 Å². The van der Waals surface area contributed by atoms with Gasteiger partial charge >= 0.3 is 0 Å². The maximum atomic E-state index is 12.0. The minimum absolute atomic E-state index is 0.130. The predicted molar refractivity (Wildman–Crippen MR) is 67.4 cm³/mol. The van der Waals surface area contributed by atoms with Crippen LogP contribution in [0.1, 0.15) is 16.3 Å². The molecule has 0 spiro atoms. The summed E-state index contributed by atoms with van der Waals surface area (Å²) in [6.45, 7) is 3.52. The van der Waals surface area contributed by atoms with E-state index in [-0.39, 0.29) is 12.1 Å². The average Bonchev–Trinajstić information content (AvgIpc) is 2.54. The highest BCUT2D eigenvalue weighted by atomic mass is 32.1. The smallest absolute Gasteiger partial charge is 0.259 e. The van der Waals surface area contributed by atoms with Crippen LogP contribution in [0.2, 0.25) is 0 Å². The Morgan fingerprint density at radius 3 is 2.83 bits per heavy atom. The Kier molecular flexibility index (Phi) is 3.72. The van der Waals surface area contributed by atoms with Crippen molar-refractivity contribution >= 4 is 21.6 Å². The standard InChI is InChI=1S/C11H13F2N3OS/c1-5-6(2)18-11-9(5)10(17)15-8(16-11)4-14-3-7(12)13/h7,14H,3-4H2,1-2H3,(H,15,16,17). The van der Waals surface area contributed by atoms with Crippen molar-refractivity contribution in [1.29, 1.82) is 0 Å². The average molecular weight is 273 g/mol. The van der Waals surface area contributed by atoms with Crippen molar-refractivity contribution < 1.29 is 8.78 Å². The lowest BCUT2D eigenvalue weighted by molar-refractivity contribution is 0.145. The highest BCUT2D eigenvalue weighted by Gasteiger charge is 2.11. The Morgan fingerprint density at radius 1 is 1.44 bits per heavy atom. The topological polar surface area (TPSA) is 57.8 Å². The molecule has 0 radical (unpaired) electrons. The number of halogens is 2. The highest BCUT2D eigenvalue weighted by Crippen LogP contribution is 2.25. The van der Waals surface area contributed by atoms with Crippen molar-refractivity contribution in [1.82, 2.24) is 15.3 Å². The zero-order valence-corrected chi connectivity index (χ0v) is 10.8. The molecule has 7 heteroatoms. The van der Waals surface area contributed by atoms with E-state index in [1.165, 1.54) is 11.3 Å². The van der Waals surface area contributed by atoms with E-state index >= 15 is 0 Å². The van der Waals surface area contributed by atoms with Gasteiger partial charge in [-0.25, -0.2) is 13.8 Å². The Hall–Kier alpha value is -1.34. The Morgan fingerprint density at radius 2 is 2.17 bits per heavy atom. The van der Waals surface area contributed by atoms with Gasteiger partial charge in [0.2, 0.25) is 0 Å². The lowest BCUT2D eigenvalue weighted by Crippen LogP contribution is -2.23. The molecule has 2 rings (SSSR count). The molecule has 0 fully saturated rings. The van der Waals surface area contributed by atoms with E-state index in [4.69, 9.17) is 0 Å². The molecule has 0 saturated heterocycles. The summed E-state index contributed by atoms with van der Waals surface area (Å²) in [5.41, 5.74) is 0.714. The van der Waals surface area contributed by atoms with Gasteiger partial charge in [0.15, 0.2) is 0 Å². The van der Waals surface area contributed by atoms with E-state index in [0.717, 1.165) is 10.4 Å². The first-order valence-electron chi connectivity index (χ1n) is 5.46. The van der Waals surface area contributed by atoms with Crippen molar-refractivity contribution in [3.8, 4) is 0 Å². The normalized spacial score (nSPS) is 11.6.